The SMILES string of the molecule is Oc1cccc(OCc2ccccc2)c1-c1cc(/C=C/c2ccccc2)[nH]n1. The Labute approximate surface area is 163 Å². The number of hydrogen-bond acceptors (Lipinski definition) is 3. The molecule has 0 spiro atoms. The van der Waals surface area contributed by atoms with Crippen molar-refractivity contribution in [3.05, 3.63) is 102 Å². The van der Waals surface area contributed by atoms with Gasteiger partial charge in [0.05, 0.1) is 11.3 Å². The molecule has 0 amide bonds. The molecular formula is C24H20N2O2. The van der Waals surface area contributed by atoms with Gasteiger partial charge in [-0.1, -0.05) is 72.8 Å². The van der Waals surface area contributed by atoms with Crippen LogP contribution in [0.4, 0.5) is 0 Å². The highest BCUT2D eigenvalue weighted by atomic mass is 16.5. The molecule has 0 saturated carbocycles. The third-order valence-electron chi connectivity index (χ3n) is 4.35. The third-order valence-corrected chi connectivity index (χ3v) is 4.35. The van der Waals surface area contributed by atoms with Gasteiger partial charge in [-0.2, -0.15) is 5.10 Å². The summed E-state index contributed by atoms with van der Waals surface area (Å²) >= 11 is 0. The van der Waals surface area contributed by atoms with Crippen LogP contribution in [-0.4, -0.2) is 15.3 Å². The molecule has 4 rings (SSSR count). The largest absolute Gasteiger partial charge is 0.507 e. The molecule has 0 aliphatic carbocycles. The zero-order valence-corrected chi connectivity index (χ0v) is 15.2. The molecule has 28 heavy (non-hydrogen) atoms. The number of rotatable bonds is 6. The van der Waals surface area contributed by atoms with Crippen molar-refractivity contribution in [2.75, 3.05) is 0 Å². The Kier molecular flexibility index (Phi) is 5.20. The van der Waals surface area contributed by atoms with E-state index in [4.69, 9.17) is 4.74 Å². The van der Waals surface area contributed by atoms with E-state index in [2.05, 4.69) is 10.2 Å². The molecule has 0 atom stereocenters. The van der Waals surface area contributed by atoms with Gasteiger partial charge in [-0.3, -0.25) is 5.10 Å². The summed E-state index contributed by atoms with van der Waals surface area (Å²) in [7, 11) is 0. The van der Waals surface area contributed by atoms with E-state index in [1.54, 1.807) is 12.1 Å². The lowest BCUT2D eigenvalue weighted by molar-refractivity contribution is 0.306. The lowest BCUT2D eigenvalue weighted by atomic mass is 10.1. The average Bonchev–Trinajstić information content (AvgIpc) is 3.21. The summed E-state index contributed by atoms with van der Waals surface area (Å²) < 4.78 is 5.97. The van der Waals surface area contributed by atoms with Crippen LogP contribution in [0.1, 0.15) is 16.8 Å². The Morgan fingerprint density at radius 3 is 2.39 bits per heavy atom. The number of hydrogen-bond donors (Lipinski definition) is 2. The lowest BCUT2D eigenvalue weighted by Gasteiger charge is -2.11. The minimum absolute atomic E-state index is 0.135. The van der Waals surface area contributed by atoms with Crippen molar-refractivity contribution in [2.45, 2.75) is 6.61 Å². The maximum atomic E-state index is 10.4. The maximum absolute atomic E-state index is 10.4. The first-order valence-electron chi connectivity index (χ1n) is 9.07. The fourth-order valence-electron chi connectivity index (χ4n) is 2.93. The molecule has 2 N–H and O–H groups in total. The molecule has 4 nitrogen and oxygen atoms in total. The van der Waals surface area contributed by atoms with Crippen molar-refractivity contribution in [2.24, 2.45) is 0 Å². The highest BCUT2D eigenvalue weighted by molar-refractivity contribution is 5.76. The molecule has 0 aliphatic heterocycles. The summed E-state index contributed by atoms with van der Waals surface area (Å²) in [5, 5.41) is 17.8. The van der Waals surface area contributed by atoms with Crippen LogP contribution in [0, 0.1) is 0 Å². The maximum Gasteiger partial charge on any atom is 0.133 e. The minimum Gasteiger partial charge on any atom is -0.507 e. The Morgan fingerprint density at radius 2 is 1.61 bits per heavy atom. The normalized spacial score (nSPS) is 11.0. The van der Waals surface area contributed by atoms with E-state index >= 15 is 0 Å². The number of phenols is 1. The fourth-order valence-corrected chi connectivity index (χ4v) is 2.93. The van der Waals surface area contributed by atoms with Gasteiger partial charge in [0.25, 0.3) is 0 Å². The van der Waals surface area contributed by atoms with Crippen molar-refractivity contribution in [1.29, 1.82) is 0 Å². The van der Waals surface area contributed by atoms with Crippen LogP contribution >= 0.6 is 0 Å². The van der Waals surface area contributed by atoms with Gasteiger partial charge in [0, 0.05) is 0 Å². The Balaban J connectivity index is 1.57. The van der Waals surface area contributed by atoms with E-state index < -0.39 is 0 Å². The molecule has 1 aromatic heterocycles. The molecule has 0 fully saturated rings. The monoisotopic (exact) mass is 368 g/mol. The predicted molar refractivity (Wildman–Crippen MR) is 112 cm³/mol. The second-order valence-electron chi connectivity index (χ2n) is 6.38. The number of aromatic nitrogens is 2. The number of benzene rings is 3. The van der Waals surface area contributed by atoms with Crippen LogP contribution in [0.3, 0.4) is 0 Å². The summed E-state index contributed by atoms with van der Waals surface area (Å²) in [6.45, 7) is 0.419. The number of aromatic hydroxyl groups is 1. The van der Waals surface area contributed by atoms with Crippen LogP contribution in [0.15, 0.2) is 84.9 Å². The van der Waals surface area contributed by atoms with Gasteiger partial charge in [0.1, 0.15) is 23.8 Å². The topological polar surface area (TPSA) is 58.1 Å². The van der Waals surface area contributed by atoms with Crippen LogP contribution in [0.25, 0.3) is 23.4 Å². The van der Waals surface area contributed by atoms with Crippen molar-refractivity contribution in [1.82, 2.24) is 10.2 Å². The van der Waals surface area contributed by atoms with Gasteiger partial charge in [-0.05, 0) is 35.4 Å². The van der Waals surface area contributed by atoms with Gasteiger partial charge in [0.2, 0.25) is 0 Å². The molecular weight excluding hydrogens is 348 g/mol. The summed E-state index contributed by atoms with van der Waals surface area (Å²) in [4.78, 5) is 0. The lowest BCUT2D eigenvalue weighted by Crippen LogP contribution is -1.97. The molecule has 4 heteroatoms. The van der Waals surface area contributed by atoms with Gasteiger partial charge in [-0.25, -0.2) is 0 Å². The summed E-state index contributed by atoms with van der Waals surface area (Å²) in [5.74, 6) is 0.726. The first kappa shape index (κ1) is 17.6. The Hall–Kier alpha value is -3.79. The quantitative estimate of drug-likeness (QED) is 0.470. The van der Waals surface area contributed by atoms with E-state index in [0.717, 1.165) is 16.8 Å². The molecule has 0 saturated heterocycles. The number of nitrogens with zero attached hydrogens (tertiary/aromatic N) is 1. The number of nitrogens with one attached hydrogen (secondary N) is 1. The van der Waals surface area contributed by atoms with E-state index in [1.165, 1.54) is 0 Å². The first-order valence-corrected chi connectivity index (χ1v) is 9.07. The van der Waals surface area contributed by atoms with E-state index in [-0.39, 0.29) is 5.75 Å². The predicted octanol–water partition coefficient (Wildman–Crippen LogP) is 5.53. The van der Waals surface area contributed by atoms with Crippen molar-refractivity contribution in [3.8, 4) is 22.8 Å². The number of phenolic OH excluding ortho intramolecular Hbond substituents is 1. The minimum atomic E-state index is 0.135. The summed E-state index contributed by atoms with van der Waals surface area (Å²) in [5.41, 5.74) is 4.22. The number of H-pyrrole nitrogens is 1. The molecule has 1 heterocycles. The third kappa shape index (κ3) is 4.13. The first-order chi connectivity index (χ1) is 13.8. The van der Waals surface area contributed by atoms with Crippen LogP contribution in [0.2, 0.25) is 0 Å². The standard InChI is InChI=1S/C24H20N2O2/c27-22-12-7-13-23(28-17-19-10-5-2-6-11-19)24(22)21-16-20(25-26-21)15-14-18-8-3-1-4-9-18/h1-16,27H,17H2,(H,25,26)/b15-14+. The molecule has 0 unspecified atom stereocenters. The summed E-state index contributed by atoms with van der Waals surface area (Å²) in [6, 6.07) is 27.1. The van der Waals surface area contributed by atoms with E-state index in [9.17, 15) is 5.11 Å². The molecule has 4 aromatic rings. The van der Waals surface area contributed by atoms with Gasteiger partial charge >= 0.3 is 0 Å². The van der Waals surface area contributed by atoms with Crippen LogP contribution in [0.5, 0.6) is 11.5 Å². The molecule has 0 bridgehead atoms. The Morgan fingerprint density at radius 1 is 0.857 bits per heavy atom. The highest BCUT2D eigenvalue weighted by Gasteiger charge is 2.14. The second kappa shape index (κ2) is 8.27. The zero-order valence-electron chi connectivity index (χ0n) is 15.2. The van der Waals surface area contributed by atoms with Gasteiger partial charge < -0.3 is 9.84 Å². The molecule has 0 aliphatic rings. The highest BCUT2D eigenvalue weighted by Crippen LogP contribution is 2.37. The number of aromatic amines is 1. The molecule has 3 aromatic carbocycles. The fraction of sp³-hybridized carbons (Fsp3) is 0.0417. The van der Waals surface area contributed by atoms with Crippen molar-refractivity contribution < 1.29 is 9.84 Å². The van der Waals surface area contributed by atoms with Crippen molar-refractivity contribution in [3.63, 3.8) is 0 Å². The Bertz CT molecular complexity index is 1070. The van der Waals surface area contributed by atoms with Gasteiger partial charge in [0.15, 0.2) is 0 Å². The van der Waals surface area contributed by atoms with Crippen molar-refractivity contribution >= 4 is 12.2 Å². The number of ether oxygens (including phenoxy) is 1. The average molecular weight is 368 g/mol. The van der Waals surface area contributed by atoms with Gasteiger partial charge in [-0.15, -0.1) is 0 Å². The molecule has 0 radical (unpaired) electrons. The smallest absolute Gasteiger partial charge is 0.133 e. The van der Waals surface area contributed by atoms with Crippen LogP contribution in [-0.2, 0) is 6.61 Å². The van der Waals surface area contributed by atoms with E-state index in [0.29, 0.717) is 23.6 Å². The van der Waals surface area contributed by atoms with E-state index in [1.807, 2.05) is 84.9 Å². The zero-order chi connectivity index (χ0) is 19.2. The van der Waals surface area contributed by atoms with Crippen LogP contribution < -0.4 is 4.74 Å². The second-order valence-corrected chi connectivity index (χ2v) is 6.38. The summed E-state index contributed by atoms with van der Waals surface area (Å²) in [6.07, 6.45) is 3.96. The molecule has 138 valence electrons.